The summed E-state index contributed by atoms with van der Waals surface area (Å²) >= 11 is 7.35. The molecule has 0 bridgehead atoms. The second kappa shape index (κ2) is 9.90. The van der Waals surface area contributed by atoms with Crippen LogP contribution >= 0.6 is 23.4 Å². The number of aromatic nitrogens is 3. The summed E-state index contributed by atoms with van der Waals surface area (Å²) in [5.41, 5.74) is 0.908. The predicted molar refractivity (Wildman–Crippen MR) is 119 cm³/mol. The van der Waals surface area contributed by atoms with Gasteiger partial charge >= 0.3 is 0 Å². The molecule has 2 aromatic heterocycles. The van der Waals surface area contributed by atoms with Gasteiger partial charge in [-0.15, -0.1) is 10.2 Å². The topological polar surface area (TPSA) is 100.0 Å². The molecule has 8 nitrogen and oxygen atoms in total. The summed E-state index contributed by atoms with van der Waals surface area (Å²) in [6.45, 7) is 2.39. The largest absolute Gasteiger partial charge is 0.467 e. The molecule has 31 heavy (non-hydrogen) atoms. The molecule has 4 rings (SSSR count). The van der Waals surface area contributed by atoms with Crippen LogP contribution in [0.2, 0.25) is 5.02 Å². The first-order valence-corrected chi connectivity index (χ1v) is 11.3. The van der Waals surface area contributed by atoms with Crippen molar-refractivity contribution in [3.05, 3.63) is 52.9 Å². The standard InChI is InChI=1S/C21H21ClN6O2S/c22-18-11-16(7-6-15(18)12-23)24-19(29)14-31-21-26-25-20(27-8-2-1-3-9-27)28(21)13-17-5-4-10-30-17/h4-7,10-11H,1-3,8-9,13-14H2,(H,24,29). The van der Waals surface area contributed by atoms with Gasteiger partial charge in [0, 0.05) is 18.8 Å². The molecule has 1 aromatic carbocycles. The van der Waals surface area contributed by atoms with Crippen LogP contribution in [0.3, 0.4) is 0 Å². The van der Waals surface area contributed by atoms with E-state index >= 15 is 0 Å². The minimum atomic E-state index is -0.196. The van der Waals surface area contributed by atoms with Crippen LogP contribution in [0.4, 0.5) is 11.6 Å². The molecule has 1 aliphatic heterocycles. The molecular weight excluding hydrogens is 436 g/mol. The predicted octanol–water partition coefficient (Wildman–Crippen LogP) is 4.17. The van der Waals surface area contributed by atoms with Crippen molar-refractivity contribution in [3.8, 4) is 6.07 Å². The zero-order chi connectivity index (χ0) is 21.6. The molecular formula is C21H21ClN6O2S. The third kappa shape index (κ3) is 5.21. The number of rotatable bonds is 7. The van der Waals surface area contributed by atoms with E-state index in [1.54, 1.807) is 24.5 Å². The number of hydrogen-bond donors (Lipinski definition) is 1. The van der Waals surface area contributed by atoms with Crippen LogP contribution in [-0.4, -0.2) is 39.5 Å². The third-order valence-corrected chi connectivity index (χ3v) is 6.22. The van der Waals surface area contributed by atoms with E-state index in [4.69, 9.17) is 21.3 Å². The quantitative estimate of drug-likeness (QED) is 0.532. The van der Waals surface area contributed by atoms with E-state index in [0.717, 1.165) is 37.6 Å². The Labute approximate surface area is 189 Å². The highest BCUT2D eigenvalue weighted by Gasteiger charge is 2.21. The number of piperidine rings is 1. The Kier molecular flexibility index (Phi) is 6.79. The average molecular weight is 457 g/mol. The highest BCUT2D eigenvalue weighted by molar-refractivity contribution is 7.99. The molecule has 0 radical (unpaired) electrons. The van der Waals surface area contributed by atoms with Gasteiger partial charge in [-0.25, -0.2) is 0 Å². The van der Waals surface area contributed by atoms with Crippen LogP contribution in [0.25, 0.3) is 0 Å². The fourth-order valence-corrected chi connectivity index (χ4v) is 4.38. The number of carbonyl (C=O) groups is 1. The summed E-state index contributed by atoms with van der Waals surface area (Å²) in [5, 5.41) is 21.5. The molecule has 1 aliphatic rings. The number of furan rings is 1. The van der Waals surface area contributed by atoms with Crippen LogP contribution in [0.5, 0.6) is 0 Å². The van der Waals surface area contributed by atoms with Crippen LogP contribution in [0.1, 0.15) is 30.6 Å². The minimum Gasteiger partial charge on any atom is -0.467 e. The van der Waals surface area contributed by atoms with E-state index in [-0.39, 0.29) is 11.7 Å². The number of thioether (sulfide) groups is 1. The molecule has 10 heteroatoms. The molecule has 3 aromatic rings. The monoisotopic (exact) mass is 456 g/mol. The van der Waals surface area contributed by atoms with Crippen molar-refractivity contribution in [2.24, 2.45) is 0 Å². The van der Waals surface area contributed by atoms with E-state index in [1.807, 2.05) is 22.8 Å². The van der Waals surface area contributed by atoms with E-state index in [0.29, 0.717) is 28.0 Å². The molecule has 1 saturated heterocycles. The van der Waals surface area contributed by atoms with Crippen molar-refractivity contribution in [2.75, 3.05) is 29.1 Å². The average Bonchev–Trinajstić information content (AvgIpc) is 3.43. The number of carbonyl (C=O) groups excluding carboxylic acids is 1. The molecule has 1 amide bonds. The number of hydrogen-bond acceptors (Lipinski definition) is 7. The molecule has 1 fully saturated rings. The van der Waals surface area contributed by atoms with Crippen molar-refractivity contribution in [1.29, 1.82) is 5.26 Å². The fourth-order valence-electron chi connectivity index (χ4n) is 3.42. The number of nitriles is 1. The lowest BCUT2D eigenvalue weighted by atomic mass is 10.1. The van der Waals surface area contributed by atoms with Crippen molar-refractivity contribution in [1.82, 2.24) is 14.8 Å². The number of halogens is 1. The fraction of sp³-hybridized carbons (Fsp3) is 0.333. The van der Waals surface area contributed by atoms with Gasteiger partial charge in [0.15, 0.2) is 5.16 Å². The van der Waals surface area contributed by atoms with Crippen molar-refractivity contribution in [3.63, 3.8) is 0 Å². The van der Waals surface area contributed by atoms with Crippen LogP contribution in [0.15, 0.2) is 46.2 Å². The highest BCUT2D eigenvalue weighted by atomic mass is 35.5. The first kappa shape index (κ1) is 21.3. The number of nitrogens with one attached hydrogen (secondary N) is 1. The van der Waals surface area contributed by atoms with Gasteiger partial charge in [0.25, 0.3) is 0 Å². The van der Waals surface area contributed by atoms with Gasteiger partial charge in [-0.1, -0.05) is 23.4 Å². The maximum atomic E-state index is 12.5. The number of benzene rings is 1. The Bertz CT molecular complexity index is 1090. The van der Waals surface area contributed by atoms with Crippen LogP contribution in [0, 0.1) is 11.3 Å². The maximum Gasteiger partial charge on any atom is 0.234 e. The molecule has 1 N–H and O–H groups in total. The number of anilines is 2. The summed E-state index contributed by atoms with van der Waals surface area (Å²) in [5.74, 6) is 1.57. The second-order valence-corrected chi connectivity index (χ2v) is 8.49. The molecule has 0 atom stereocenters. The Morgan fingerprint density at radius 1 is 1.26 bits per heavy atom. The lowest BCUT2D eigenvalue weighted by Gasteiger charge is -2.27. The zero-order valence-corrected chi connectivity index (χ0v) is 18.3. The molecule has 160 valence electrons. The van der Waals surface area contributed by atoms with Crippen molar-refractivity contribution >= 4 is 40.9 Å². The van der Waals surface area contributed by atoms with Crippen molar-refractivity contribution in [2.45, 2.75) is 31.0 Å². The minimum absolute atomic E-state index is 0.161. The van der Waals surface area contributed by atoms with Crippen molar-refractivity contribution < 1.29 is 9.21 Å². The Morgan fingerprint density at radius 2 is 2.10 bits per heavy atom. The van der Waals surface area contributed by atoms with Gasteiger partial charge < -0.3 is 14.6 Å². The summed E-state index contributed by atoms with van der Waals surface area (Å²) in [6.07, 6.45) is 5.13. The Morgan fingerprint density at radius 3 is 2.81 bits per heavy atom. The van der Waals surface area contributed by atoms with Gasteiger partial charge in [-0.05, 0) is 49.6 Å². The van der Waals surface area contributed by atoms with Crippen LogP contribution in [-0.2, 0) is 11.3 Å². The van der Waals surface area contributed by atoms with Gasteiger partial charge in [0.2, 0.25) is 11.9 Å². The Hall–Kier alpha value is -2.96. The summed E-state index contributed by atoms with van der Waals surface area (Å²) < 4.78 is 7.52. The first-order valence-electron chi connectivity index (χ1n) is 9.97. The zero-order valence-electron chi connectivity index (χ0n) is 16.8. The van der Waals surface area contributed by atoms with Gasteiger partial charge in [-0.2, -0.15) is 5.26 Å². The lowest BCUT2D eigenvalue weighted by molar-refractivity contribution is -0.113. The van der Waals surface area contributed by atoms with E-state index in [1.165, 1.54) is 18.2 Å². The first-order chi connectivity index (χ1) is 15.1. The summed E-state index contributed by atoms with van der Waals surface area (Å²) in [4.78, 5) is 14.7. The van der Waals surface area contributed by atoms with Gasteiger partial charge in [-0.3, -0.25) is 9.36 Å². The molecule has 0 saturated carbocycles. The molecule has 0 aliphatic carbocycles. The van der Waals surface area contributed by atoms with Gasteiger partial charge in [0.1, 0.15) is 11.8 Å². The lowest BCUT2D eigenvalue weighted by Crippen LogP contribution is -2.32. The second-order valence-electron chi connectivity index (χ2n) is 7.14. The molecule has 0 unspecified atom stereocenters. The number of nitrogens with zero attached hydrogens (tertiary/aromatic N) is 5. The number of amides is 1. The summed E-state index contributed by atoms with van der Waals surface area (Å²) in [6, 6.07) is 10.6. The Balaban J connectivity index is 1.46. The maximum absolute atomic E-state index is 12.5. The van der Waals surface area contributed by atoms with Crippen LogP contribution < -0.4 is 10.2 Å². The molecule has 3 heterocycles. The third-order valence-electron chi connectivity index (χ3n) is 4.94. The highest BCUT2D eigenvalue weighted by Crippen LogP contribution is 2.26. The van der Waals surface area contributed by atoms with E-state index in [9.17, 15) is 4.79 Å². The van der Waals surface area contributed by atoms with Gasteiger partial charge in [0.05, 0.1) is 29.1 Å². The summed E-state index contributed by atoms with van der Waals surface area (Å²) in [7, 11) is 0. The molecule has 0 spiro atoms. The SMILES string of the molecule is N#Cc1ccc(NC(=O)CSc2nnc(N3CCCCC3)n2Cc2ccco2)cc1Cl. The van der Waals surface area contributed by atoms with E-state index in [2.05, 4.69) is 20.4 Å². The van der Waals surface area contributed by atoms with E-state index < -0.39 is 0 Å². The normalized spacial score (nSPS) is 13.7. The smallest absolute Gasteiger partial charge is 0.234 e.